The number of benzene rings is 1. The molecule has 0 aromatic heterocycles. The van der Waals surface area contributed by atoms with E-state index in [2.05, 4.69) is 78.2 Å². The van der Waals surface area contributed by atoms with Crippen LogP contribution in [0.3, 0.4) is 0 Å². The summed E-state index contributed by atoms with van der Waals surface area (Å²) in [4.78, 5) is 12.6. The fraction of sp³-hybridized carbons (Fsp3) is 0.708. The van der Waals surface area contributed by atoms with E-state index in [1.165, 1.54) is 31.5 Å². The van der Waals surface area contributed by atoms with Gasteiger partial charge in [0, 0.05) is 51.9 Å². The smallest absolute Gasteiger partial charge is 0.193 e. The van der Waals surface area contributed by atoms with Gasteiger partial charge in [0.05, 0.1) is 6.54 Å². The molecule has 1 N–H and O–H groups in total. The summed E-state index contributed by atoms with van der Waals surface area (Å²) in [5, 5.41) is 3.57. The average Bonchev–Trinajstić information content (AvgIpc) is 2.77. The van der Waals surface area contributed by atoms with Gasteiger partial charge in [-0.3, -0.25) is 9.89 Å². The van der Waals surface area contributed by atoms with Crippen LogP contribution in [0.1, 0.15) is 45.1 Å². The Kier molecular flexibility index (Phi) is 10.9. The molecule has 1 aromatic rings. The predicted molar refractivity (Wildman–Crippen MR) is 139 cm³/mol. The number of nitrogens with zero attached hydrogens (tertiary/aromatic N) is 4. The van der Waals surface area contributed by atoms with Gasteiger partial charge in [-0.15, -0.1) is 24.0 Å². The molecule has 2 fully saturated rings. The first-order valence-electron chi connectivity index (χ1n) is 11.6. The lowest BCUT2D eigenvalue weighted by Crippen LogP contribution is -2.50. The maximum atomic E-state index is 5.07. The average molecular weight is 528 g/mol. The van der Waals surface area contributed by atoms with Crippen molar-refractivity contribution in [3.05, 3.63) is 35.9 Å². The summed E-state index contributed by atoms with van der Waals surface area (Å²) in [6, 6.07) is 11.6. The molecule has 1 aromatic carbocycles. The van der Waals surface area contributed by atoms with Crippen LogP contribution in [0.2, 0.25) is 0 Å². The van der Waals surface area contributed by atoms with E-state index in [1.54, 1.807) is 0 Å². The molecular weight excluding hydrogens is 485 g/mol. The first-order valence-corrected chi connectivity index (χ1v) is 11.6. The van der Waals surface area contributed by atoms with E-state index in [1.807, 2.05) is 0 Å². The van der Waals surface area contributed by atoms with Crippen LogP contribution in [0.25, 0.3) is 0 Å². The van der Waals surface area contributed by atoms with E-state index < -0.39 is 0 Å². The Morgan fingerprint density at radius 2 is 1.80 bits per heavy atom. The van der Waals surface area contributed by atoms with Crippen LogP contribution in [0.5, 0.6) is 0 Å². The third kappa shape index (κ3) is 6.82. The SMILES string of the molecule is CCNC(=NCC(C)N1CCN(C)CC1)N1CCC(c2ccccc2)C(CC)C1.I. The summed E-state index contributed by atoms with van der Waals surface area (Å²) in [7, 11) is 2.21. The summed E-state index contributed by atoms with van der Waals surface area (Å²) in [5.41, 5.74) is 1.50. The third-order valence-corrected chi connectivity index (χ3v) is 6.79. The number of halogens is 1. The molecule has 0 radical (unpaired) electrons. The lowest BCUT2D eigenvalue weighted by Gasteiger charge is -2.40. The molecule has 3 atom stereocenters. The van der Waals surface area contributed by atoms with Crippen LogP contribution in [-0.2, 0) is 0 Å². The number of likely N-dealkylation sites (tertiary alicyclic amines) is 1. The number of guanidine groups is 1. The first kappa shape index (κ1) is 25.4. The van der Waals surface area contributed by atoms with Gasteiger partial charge < -0.3 is 15.1 Å². The maximum absolute atomic E-state index is 5.07. The number of hydrogen-bond acceptors (Lipinski definition) is 3. The normalized spacial score (nSPS) is 24.9. The first-order chi connectivity index (χ1) is 14.1. The number of hydrogen-bond donors (Lipinski definition) is 1. The zero-order valence-electron chi connectivity index (χ0n) is 19.4. The molecular formula is C24H42IN5. The van der Waals surface area contributed by atoms with Crippen molar-refractivity contribution < 1.29 is 0 Å². The van der Waals surface area contributed by atoms with Crippen molar-refractivity contribution in [3.63, 3.8) is 0 Å². The van der Waals surface area contributed by atoms with Crippen LogP contribution in [0.15, 0.2) is 35.3 Å². The topological polar surface area (TPSA) is 34.1 Å². The van der Waals surface area contributed by atoms with Crippen LogP contribution in [0, 0.1) is 5.92 Å². The third-order valence-electron chi connectivity index (χ3n) is 6.79. The second kappa shape index (κ2) is 12.9. The van der Waals surface area contributed by atoms with E-state index in [4.69, 9.17) is 4.99 Å². The summed E-state index contributed by atoms with van der Waals surface area (Å²) < 4.78 is 0. The van der Waals surface area contributed by atoms with Crippen molar-refractivity contribution in [2.75, 3.05) is 59.4 Å². The number of nitrogens with one attached hydrogen (secondary N) is 1. The van der Waals surface area contributed by atoms with Crippen LogP contribution in [0.4, 0.5) is 0 Å². The molecule has 0 saturated carbocycles. The molecule has 6 heteroatoms. The molecule has 170 valence electrons. The lowest BCUT2D eigenvalue weighted by atomic mass is 9.79. The zero-order valence-corrected chi connectivity index (χ0v) is 21.7. The number of aliphatic imine (C=N–C) groups is 1. The van der Waals surface area contributed by atoms with Crippen molar-refractivity contribution in [3.8, 4) is 0 Å². The maximum Gasteiger partial charge on any atom is 0.193 e. The highest BCUT2D eigenvalue weighted by molar-refractivity contribution is 14.0. The Morgan fingerprint density at radius 3 is 2.43 bits per heavy atom. The summed E-state index contributed by atoms with van der Waals surface area (Å²) in [6.07, 6.45) is 2.42. The van der Waals surface area contributed by atoms with E-state index in [-0.39, 0.29) is 24.0 Å². The van der Waals surface area contributed by atoms with Gasteiger partial charge in [-0.1, -0.05) is 43.7 Å². The number of piperazine rings is 1. The Labute approximate surface area is 201 Å². The zero-order chi connectivity index (χ0) is 20.6. The van der Waals surface area contributed by atoms with E-state index in [0.717, 1.165) is 45.2 Å². The molecule has 2 heterocycles. The fourth-order valence-corrected chi connectivity index (χ4v) is 4.80. The van der Waals surface area contributed by atoms with Crippen molar-refractivity contribution in [1.82, 2.24) is 20.0 Å². The number of rotatable bonds is 6. The molecule has 3 unspecified atom stereocenters. The molecule has 2 saturated heterocycles. The molecule has 0 aliphatic carbocycles. The van der Waals surface area contributed by atoms with Crippen LogP contribution >= 0.6 is 24.0 Å². The predicted octanol–water partition coefficient (Wildman–Crippen LogP) is 3.72. The minimum absolute atomic E-state index is 0. The Hall–Kier alpha value is -0.860. The number of piperidine rings is 1. The fourth-order valence-electron chi connectivity index (χ4n) is 4.80. The van der Waals surface area contributed by atoms with Gasteiger partial charge in [0.2, 0.25) is 0 Å². The Bertz CT molecular complexity index is 630. The van der Waals surface area contributed by atoms with E-state index >= 15 is 0 Å². The van der Waals surface area contributed by atoms with Gasteiger partial charge in [-0.05, 0) is 44.7 Å². The lowest BCUT2D eigenvalue weighted by molar-refractivity contribution is 0.122. The molecule has 0 bridgehead atoms. The van der Waals surface area contributed by atoms with Gasteiger partial charge >= 0.3 is 0 Å². The van der Waals surface area contributed by atoms with Crippen LogP contribution < -0.4 is 5.32 Å². The quantitative estimate of drug-likeness (QED) is 0.348. The van der Waals surface area contributed by atoms with Gasteiger partial charge in [-0.2, -0.15) is 0 Å². The highest BCUT2D eigenvalue weighted by Gasteiger charge is 2.30. The van der Waals surface area contributed by atoms with Crippen molar-refractivity contribution in [1.29, 1.82) is 0 Å². The molecule has 0 spiro atoms. The standard InChI is InChI=1S/C24H41N5.HI/c1-5-21-19-29(13-12-23(21)22-10-8-7-9-11-22)24(25-6-2)26-18-20(3)28-16-14-27(4)15-17-28;/h7-11,20-21,23H,5-6,12-19H2,1-4H3,(H,25,26);1H. The summed E-state index contributed by atoms with van der Waals surface area (Å²) in [5.74, 6) is 2.47. The van der Waals surface area contributed by atoms with Gasteiger partial charge in [0.25, 0.3) is 0 Å². The number of likely N-dealkylation sites (N-methyl/N-ethyl adjacent to an activating group) is 1. The minimum atomic E-state index is 0. The molecule has 0 amide bonds. The van der Waals surface area contributed by atoms with Crippen molar-refractivity contribution >= 4 is 29.9 Å². The summed E-state index contributed by atoms with van der Waals surface area (Å²) in [6.45, 7) is 15.5. The van der Waals surface area contributed by atoms with Crippen molar-refractivity contribution in [2.24, 2.45) is 10.9 Å². The highest BCUT2D eigenvalue weighted by atomic mass is 127. The summed E-state index contributed by atoms with van der Waals surface area (Å²) >= 11 is 0. The molecule has 5 nitrogen and oxygen atoms in total. The van der Waals surface area contributed by atoms with Crippen molar-refractivity contribution in [2.45, 2.75) is 45.6 Å². The molecule has 3 rings (SSSR count). The van der Waals surface area contributed by atoms with E-state index in [0.29, 0.717) is 17.9 Å². The largest absolute Gasteiger partial charge is 0.357 e. The second-order valence-electron chi connectivity index (χ2n) is 8.80. The second-order valence-corrected chi connectivity index (χ2v) is 8.80. The van der Waals surface area contributed by atoms with Gasteiger partial charge in [0.15, 0.2) is 5.96 Å². The molecule has 30 heavy (non-hydrogen) atoms. The molecule has 2 aliphatic rings. The minimum Gasteiger partial charge on any atom is -0.357 e. The Morgan fingerprint density at radius 1 is 1.10 bits per heavy atom. The molecule has 2 aliphatic heterocycles. The van der Waals surface area contributed by atoms with Crippen LogP contribution in [-0.4, -0.2) is 86.1 Å². The Balaban J connectivity index is 0.00000320. The van der Waals surface area contributed by atoms with Gasteiger partial charge in [0.1, 0.15) is 0 Å². The van der Waals surface area contributed by atoms with E-state index in [9.17, 15) is 0 Å². The highest BCUT2D eigenvalue weighted by Crippen LogP contribution is 2.34. The van der Waals surface area contributed by atoms with Gasteiger partial charge in [-0.25, -0.2) is 0 Å². The monoisotopic (exact) mass is 527 g/mol.